The van der Waals surface area contributed by atoms with Crippen LogP contribution in [0.4, 0.5) is 0 Å². The molecule has 2 aromatic carbocycles. The maximum absolute atomic E-state index is 11.2. The summed E-state index contributed by atoms with van der Waals surface area (Å²) in [5.74, 6) is -0.898. The highest BCUT2D eigenvalue weighted by molar-refractivity contribution is 5.88. The highest BCUT2D eigenvalue weighted by atomic mass is 16.4. The molecule has 0 saturated heterocycles. The van der Waals surface area contributed by atoms with Crippen LogP contribution in [0.25, 0.3) is 12.2 Å². The van der Waals surface area contributed by atoms with Crippen LogP contribution in [0.2, 0.25) is 0 Å². The molecule has 0 saturated carbocycles. The van der Waals surface area contributed by atoms with Crippen LogP contribution in [0.15, 0.2) is 48.7 Å². The molecule has 34 heavy (non-hydrogen) atoms. The van der Waals surface area contributed by atoms with Crippen molar-refractivity contribution in [1.82, 2.24) is 9.78 Å². The third kappa shape index (κ3) is 5.16. The minimum Gasteiger partial charge on any atom is -0.478 e. The Kier molecular flexibility index (Phi) is 6.53. The molecule has 1 N–H and O–H groups in total. The van der Waals surface area contributed by atoms with Gasteiger partial charge in [-0.05, 0) is 89.5 Å². The number of carboxylic acid groups (broad SMARTS) is 1. The van der Waals surface area contributed by atoms with Gasteiger partial charge in [0.2, 0.25) is 0 Å². The second kappa shape index (κ2) is 9.25. The molecule has 1 aromatic heterocycles. The predicted octanol–water partition coefficient (Wildman–Crippen LogP) is 7.04. The number of fused-ring (bicyclic) bond motifs is 1. The second-order valence-corrected chi connectivity index (χ2v) is 10.9. The lowest BCUT2D eigenvalue weighted by atomic mass is 9.62. The number of nitrogens with zero attached hydrogens (tertiary/aromatic N) is 2. The highest BCUT2D eigenvalue weighted by Crippen LogP contribution is 2.46. The lowest BCUT2D eigenvalue weighted by molar-refractivity contribution is 0.0697. The largest absolute Gasteiger partial charge is 0.478 e. The van der Waals surface area contributed by atoms with Gasteiger partial charge in [0.1, 0.15) is 0 Å². The zero-order chi connectivity index (χ0) is 24.5. The van der Waals surface area contributed by atoms with Gasteiger partial charge in [0.05, 0.1) is 11.3 Å². The first-order valence-corrected chi connectivity index (χ1v) is 12.2. The fourth-order valence-corrected chi connectivity index (χ4v) is 4.99. The first-order chi connectivity index (χ1) is 16.0. The summed E-state index contributed by atoms with van der Waals surface area (Å²) in [6, 6.07) is 14.0. The number of carboxylic acids is 1. The lowest BCUT2D eigenvalue weighted by Crippen LogP contribution is -2.34. The summed E-state index contributed by atoms with van der Waals surface area (Å²) < 4.78 is 2.03. The minimum atomic E-state index is -0.898. The number of aromatic carboxylic acids is 1. The van der Waals surface area contributed by atoms with Gasteiger partial charge >= 0.3 is 5.97 Å². The minimum absolute atomic E-state index is 0.154. The van der Waals surface area contributed by atoms with Crippen LogP contribution in [0.5, 0.6) is 0 Å². The van der Waals surface area contributed by atoms with Crippen LogP contribution in [-0.4, -0.2) is 20.9 Å². The summed E-state index contributed by atoms with van der Waals surface area (Å²) in [5.41, 5.74) is 8.25. The molecule has 0 unspecified atom stereocenters. The Bertz CT molecular complexity index is 1210. The van der Waals surface area contributed by atoms with Gasteiger partial charge in [0, 0.05) is 12.7 Å². The SMILES string of the molecule is Cc1ccn(CCCc2cc3c(cc2C=Cc2ccc(C(=O)O)cc2)C(C)(C)CCC3(C)C)n1. The van der Waals surface area contributed by atoms with Crippen LogP contribution < -0.4 is 0 Å². The molecule has 4 rings (SSSR count). The molecule has 1 heterocycles. The van der Waals surface area contributed by atoms with Crippen LogP contribution in [0, 0.1) is 6.92 Å². The van der Waals surface area contributed by atoms with E-state index in [0.29, 0.717) is 5.56 Å². The summed E-state index contributed by atoms with van der Waals surface area (Å²) in [5, 5.41) is 13.7. The summed E-state index contributed by atoms with van der Waals surface area (Å²) in [4.78, 5) is 11.2. The number of aryl methyl sites for hydroxylation is 3. The Labute approximate surface area is 203 Å². The maximum Gasteiger partial charge on any atom is 0.335 e. The topological polar surface area (TPSA) is 55.1 Å². The maximum atomic E-state index is 11.2. The number of hydrogen-bond acceptors (Lipinski definition) is 2. The van der Waals surface area contributed by atoms with Crippen molar-refractivity contribution in [3.8, 4) is 0 Å². The molecule has 4 nitrogen and oxygen atoms in total. The number of carbonyl (C=O) groups is 1. The van der Waals surface area contributed by atoms with E-state index in [1.165, 1.54) is 35.1 Å². The molecule has 4 heteroatoms. The molecule has 0 radical (unpaired) electrons. The molecule has 0 aliphatic heterocycles. The van der Waals surface area contributed by atoms with Gasteiger partial charge < -0.3 is 5.11 Å². The number of rotatable bonds is 7. The molecule has 0 spiro atoms. The zero-order valence-electron chi connectivity index (χ0n) is 21.1. The molecule has 0 atom stereocenters. The van der Waals surface area contributed by atoms with Crippen molar-refractivity contribution in [1.29, 1.82) is 0 Å². The van der Waals surface area contributed by atoms with E-state index < -0.39 is 5.97 Å². The Hall–Kier alpha value is -3.14. The number of benzene rings is 2. The molecule has 0 fully saturated rings. The molecular formula is C30H36N2O2. The summed E-state index contributed by atoms with van der Waals surface area (Å²) in [7, 11) is 0. The molecule has 1 aliphatic carbocycles. The van der Waals surface area contributed by atoms with E-state index in [1.54, 1.807) is 12.1 Å². The van der Waals surface area contributed by atoms with Crippen molar-refractivity contribution < 1.29 is 9.90 Å². The van der Waals surface area contributed by atoms with Crippen LogP contribution >= 0.6 is 0 Å². The average molecular weight is 457 g/mol. The van der Waals surface area contributed by atoms with Crippen molar-refractivity contribution in [2.75, 3.05) is 0 Å². The van der Waals surface area contributed by atoms with Crippen molar-refractivity contribution in [2.45, 2.75) is 77.7 Å². The molecule has 0 bridgehead atoms. The van der Waals surface area contributed by atoms with E-state index in [1.807, 2.05) is 29.8 Å². The second-order valence-electron chi connectivity index (χ2n) is 10.9. The molecular weight excluding hydrogens is 420 g/mol. The Morgan fingerprint density at radius 3 is 2.24 bits per heavy atom. The molecule has 3 aromatic rings. The number of hydrogen-bond donors (Lipinski definition) is 1. The van der Waals surface area contributed by atoms with Gasteiger partial charge in [-0.1, -0.05) is 64.1 Å². The highest BCUT2D eigenvalue weighted by Gasteiger charge is 2.37. The van der Waals surface area contributed by atoms with E-state index in [0.717, 1.165) is 30.6 Å². The fourth-order valence-electron chi connectivity index (χ4n) is 4.99. The van der Waals surface area contributed by atoms with Gasteiger partial charge in [0.15, 0.2) is 0 Å². The summed E-state index contributed by atoms with van der Waals surface area (Å²) >= 11 is 0. The van der Waals surface area contributed by atoms with Gasteiger partial charge in [-0.15, -0.1) is 0 Å². The lowest BCUT2D eigenvalue weighted by Gasteiger charge is -2.42. The van der Waals surface area contributed by atoms with Crippen LogP contribution in [0.1, 0.15) is 90.8 Å². The molecule has 178 valence electrons. The van der Waals surface area contributed by atoms with E-state index in [4.69, 9.17) is 5.11 Å². The van der Waals surface area contributed by atoms with E-state index in [2.05, 4.69) is 63.3 Å². The van der Waals surface area contributed by atoms with Gasteiger partial charge in [-0.3, -0.25) is 4.68 Å². The van der Waals surface area contributed by atoms with E-state index in [-0.39, 0.29) is 10.8 Å². The third-order valence-electron chi connectivity index (χ3n) is 7.33. The van der Waals surface area contributed by atoms with Gasteiger partial charge in [0.25, 0.3) is 0 Å². The van der Waals surface area contributed by atoms with Gasteiger partial charge in [-0.25, -0.2) is 4.79 Å². The van der Waals surface area contributed by atoms with Crippen molar-refractivity contribution in [3.63, 3.8) is 0 Å². The monoisotopic (exact) mass is 456 g/mol. The van der Waals surface area contributed by atoms with Gasteiger partial charge in [-0.2, -0.15) is 5.10 Å². The molecule has 0 amide bonds. The van der Waals surface area contributed by atoms with E-state index >= 15 is 0 Å². The zero-order valence-corrected chi connectivity index (χ0v) is 21.1. The Morgan fingerprint density at radius 1 is 1.00 bits per heavy atom. The van der Waals surface area contributed by atoms with E-state index in [9.17, 15) is 4.79 Å². The Morgan fingerprint density at radius 2 is 1.65 bits per heavy atom. The first-order valence-electron chi connectivity index (χ1n) is 12.2. The first kappa shape index (κ1) is 24.0. The average Bonchev–Trinajstić information content (AvgIpc) is 3.21. The van der Waals surface area contributed by atoms with Crippen LogP contribution in [0.3, 0.4) is 0 Å². The van der Waals surface area contributed by atoms with Crippen LogP contribution in [-0.2, 0) is 23.8 Å². The quantitative estimate of drug-likeness (QED) is 0.388. The number of aromatic nitrogens is 2. The summed E-state index contributed by atoms with van der Waals surface area (Å²) in [6.45, 7) is 12.4. The normalized spacial score (nSPS) is 16.5. The molecule has 1 aliphatic rings. The fraction of sp³-hybridized carbons (Fsp3) is 0.400. The third-order valence-corrected chi connectivity index (χ3v) is 7.33. The standard InChI is InChI=1S/C30H36N2O2/c1-21-14-18-32(31-21)17-6-7-24-19-26-27(30(4,5)16-15-29(26,2)3)20-25(24)13-10-22-8-11-23(12-9-22)28(33)34/h8-14,18-20H,6-7,15-17H2,1-5H3,(H,33,34). The predicted molar refractivity (Wildman–Crippen MR) is 139 cm³/mol. The van der Waals surface area contributed by atoms with Crippen molar-refractivity contribution in [2.24, 2.45) is 0 Å². The smallest absolute Gasteiger partial charge is 0.335 e. The summed E-state index contributed by atoms with van der Waals surface area (Å²) in [6.07, 6.45) is 10.7. The van der Waals surface area contributed by atoms with Crippen molar-refractivity contribution in [3.05, 3.63) is 87.7 Å². The Balaban J connectivity index is 1.67. The van der Waals surface area contributed by atoms with Crippen molar-refractivity contribution >= 4 is 18.1 Å².